The zero-order valence-electron chi connectivity index (χ0n) is 14.6. The molecule has 0 atom stereocenters. The van der Waals surface area contributed by atoms with E-state index in [1.54, 1.807) is 0 Å². The largest absolute Gasteiger partial charge is 0.478 e. The Morgan fingerprint density at radius 2 is 1.44 bits per heavy atom. The van der Waals surface area contributed by atoms with E-state index in [0.717, 1.165) is 16.7 Å². The summed E-state index contributed by atoms with van der Waals surface area (Å²) in [5.74, 6) is -1.59. The zero-order valence-corrected chi connectivity index (χ0v) is 14.6. The van der Waals surface area contributed by atoms with Crippen molar-refractivity contribution in [3.05, 3.63) is 89.7 Å². The number of rotatable bonds is 3. The molecule has 3 aromatic carbocycles. The molecule has 1 heterocycles. The first-order valence-corrected chi connectivity index (χ1v) is 8.52. The van der Waals surface area contributed by atoms with Crippen LogP contribution in [0.1, 0.15) is 15.9 Å². The van der Waals surface area contributed by atoms with Gasteiger partial charge in [0, 0.05) is 10.9 Å². The highest BCUT2D eigenvalue weighted by atomic mass is 19.1. The van der Waals surface area contributed by atoms with E-state index in [0.29, 0.717) is 16.6 Å². The third-order valence-corrected chi connectivity index (χ3v) is 4.57. The number of halogens is 1. The maximum Gasteiger partial charge on any atom is 0.336 e. The van der Waals surface area contributed by atoms with Gasteiger partial charge >= 0.3 is 5.97 Å². The molecule has 3 nitrogen and oxygen atoms in total. The summed E-state index contributed by atoms with van der Waals surface area (Å²) in [5.41, 5.74) is 5.22. The third-order valence-electron chi connectivity index (χ3n) is 4.57. The maximum absolute atomic E-state index is 13.5. The fourth-order valence-electron chi connectivity index (χ4n) is 3.10. The molecule has 4 heteroatoms. The van der Waals surface area contributed by atoms with E-state index in [4.69, 9.17) is 0 Å². The number of hydrogen-bond donors (Lipinski definition) is 1. The molecule has 0 aliphatic carbocycles. The Labute approximate surface area is 155 Å². The van der Waals surface area contributed by atoms with Crippen LogP contribution in [0, 0.1) is 12.7 Å². The molecule has 0 bridgehead atoms. The summed E-state index contributed by atoms with van der Waals surface area (Å²) in [4.78, 5) is 16.1. The SMILES string of the molecule is Cc1ccc(-c2ccc(-c3cc(C(=O)O)c4cc(F)ccc4n3)cc2)cc1. The van der Waals surface area contributed by atoms with Crippen LogP contribution in [-0.4, -0.2) is 16.1 Å². The minimum absolute atomic E-state index is 0.0390. The van der Waals surface area contributed by atoms with Crippen LogP contribution >= 0.6 is 0 Å². The average Bonchev–Trinajstić information content (AvgIpc) is 2.68. The molecule has 4 aromatic rings. The fourth-order valence-corrected chi connectivity index (χ4v) is 3.10. The van der Waals surface area contributed by atoms with Crippen molar-refractivity contribution in [1.29, 1.82) is 0 Å². The zero-order chi connectivity index (χ0) is 19.0. The molecule has 1 N–H and O–H groups in total. The van der Waals surface area contributed by atoms with Crippen LogP contribution in [-0.2, 0) is 0 Å². The summed E-state index contributed by atoms with van der Waals surface area (Å²) in [6.45, 7) is 2.05. The van der Waals surface area contributed by atoms with Crippen molar-refractivity contribution in [3.8, 4) is 22.4 Å². The Morgan fingerprint density at radius 3 is 2.07 bits per heavy atom. The van der Waals surface area contributed by atoms with Crippen LogP contribution in [0.15, 0.2) is 72.8 Å². The van der Waals surface area contributed by atoms with E-state index in [1.165, 1.54) is 29.8 Å². The van der Waals surface area contributed by atoms with Gasteiger partial charge in [-0.3, -0.25) is 0 Å². The van der Waals surface area contributed by atoms with Gasteiger partial charge in [0.1, 0.15) is 5.82 Å². The summed E-state index contributed by atoms with van der Waals surface area (Å²) >= 11 is 0. The topological polar surface area (TPSA) is 50.2 Å². The first kappa shape index (κ1) is 16.9. The maximum atomic E-state index is 13.5. The number of nitrogens with zero attached hydrogens (tertiary/aromatic N) is 1. The number of carboxylic acids is 1. The fraction of sp³-hybridized carbons (Fsp3) is 0.0435. The monoisotopic (exact) mass is 357 g/mol. The molecule has 0 aliphatic rings. The number of pyridine rings is 1. The molecule has 132 valence electrons. The first-order chi connectivity index (χ1) is 13.0. The lowest BCUT2D eigenvalue weighted by atomic mass is 10.00. The van der Waals surface area contributed by atoms with Gasteiger partial charge in [-0.15, -0.1) is 0 Å². The van der Waals surface area contributed by atoms with Crippen molar-refractivity contribution in [3.63, 3.8) is 0 Å². The van der Waals surface area contributed by atoms with Crippen molar-refractivity contribution in [2.75, 3.05) is 0 Å². The number of hydrogen-bond acceptors (Lipinski definition) is 2. The van der Waals surface area contributed by atoms with E-state index in [-0.39, 0.29) is 5.56 Å². The number of aromatic nitrogens is 1. The summed E-state index contributed by atoms with van der Waals surface area (Å²) in [7, 11) is 0. The molecule has 0 unspecified atom stereocenters. The van der Waals surface area contributed by atoms with Crippen molar-refractivity contribution >= 4 is 16.9 Å². The predicted octanol–water partition coefficient (Wildman–Crippen LogP) is 5.71. The summed E-state index contributed by atoms with van der Waals surface area (Å²) < 4.78 is 13.5. The van der Waals surface area contributed by atoms with Gasteiger partial charge in [-0.2, -0.15) is 0 Å². The van der Waals surface area contributed by atoms with Crippen molar-refractivity contribution in [2.24, 2.45) is 0 Å². The average molecular weight is 357 g/mol. The second kappa shape index (κ2) is 6.65. The lowest BCUT2D eigenvalue weighted by molar-refractivity contribution is 0.0699. The number of carbonyl (C=O) groups is 1. The van der Waals surface area contributed by atoms with Gasteiger partial charge < -0.3 is 5.11 Å². The standard InChI is InChI=1S/C23H16FNO2/c1-14-2-4-15(5-3-14)16-6-8-17(9-7-16)22-13-20(23(26)27)19-12-18(24)10-11-21(19)25-22/h2-13H,1H3,(H,26,27). The molecule has 0 aliphatic heterocycles. The van der Waals surface area contributed by atoms with Crippen LogP contribution in [0.4, 0.5) is 4.39 Å². The molecule has 27 heavy (non-hydrogen) atoms. The van der Waals surface area contributed by atoms with Gasteiger partial charge in [0.15, 0.2) is 0 Å². The van der Waals surface area contributed by atoms with E-state index in [2.05, 4.69) is 29.2 Å². The highest BCUT2D eigenvalue weighted by Gasteiger charge is 2.14. The summed E-state index contributed by atoms with van der Waals surface area (Å²) in [5, 5.41) is 9.80. The number of fused-ring (bicyclic) bond motifs is 1. The molecular formula is C23H16FNO2. The Bertz CT molecular complexity index is 1150. The normalized spacial score (nSPS) is 10.9. The Balaban J connectivity index is 1.79. The summed E-state index contributed by atoms with van der Waals surface area (Å²) in [6.07, 6.45) is 0. The Morgan fingerprint density at radius 1 is 0.852 bits per heavy atom. The number of benzene rings is 3. The van der Waals surface area contributed by atoms with Crippen LogP contribution in [0.5, 0.6) is 0 Å². The molecule has 0 saturated heterocycles. The van der Waals surface area contributed by atoms with Crippen LogP contribution in [0.2, 0.25) is 0 Å². The quantitative estimate of drug-likeness (QED) is 0.510. The Hall–Kier alpha value is -3.53. The van der Waals surface area contributed by atoms with E-state index in [1.807, 2.05) is 31.2 Å². The van der Waals surface area contributed by atoms with Crippen LogP contribution in [0.25, 0.3) is 33.3 Å². The smallest absolute Gasteiger partial charge is 0.336 e. The van der Waals surface area contributed by atoms with Crippen molar-refractivity contribution in [2.45, 2.75) is 6.92 Å². The molecule has 0 saturated carbocycles. The molecular weight excluding hydrogens is 341 g/mol. The van der Waals surface area contributed by atoms with E-state index in [9.17, 15) is 14.3 Å². The van der Waals surface area contributed by atoms with Gasteiger partial charge in [-0.1, -0.05) is 54.1 Å². The van der Waals surface area contributed by atoms with Crippen molar-refractivity contribution in [1.82, 2.24) is 4.98 Å². The highest BCUT2D eigenvalue weighted by molar-refractivity contribution is 6.03. The minimum atomic E-state index is -1.11. The predicted molar refractivity (Wildman–Crippen MR) is 104 cm³/mol. The molecule has 1 aromatic heterocycles. The van der Waals surface area contributed by atoms with Crippen molar-refractivity contribution < 1.29 is 14.3 Å². The second-order valence-electron chi connectivity index (χ2n) is 6.47. The number of aryl methyl sites for hydroxylation is 1. The van der Waals surface area contributed by atoms with E-state index >= 15 is 0 Å². The molecule has 0 fully saturated rings. The van der Waals surface area contributed by atoms with Gasteiger partial charge in [0.2, 0.25) is 0 Å². The number of carboxylic acid groups (broad SMARTS) is 1. The van der Waals surface area contributed by atoms with E-state index < -0.39 is 11.8 Å². The van der Waals surface area contributed by atoms with Crippen LogP contribution < -0.4 is 0 Å². The molecule has 0 spiro atoms. The lowest BCUT2D eigenvalue weighted by Gasteiger charge is -2.08. The molecule has 0 radical (unpaired) electrons. The van der Waals surface area contributed by atoms with Gasteiger partial charge in [0.25, 0.3) is 0 Å². The van der Waals surface area contributed by atoms with Gasteiger partial charge in [-0.05, 0) is 42.3 Å². The third kappa shape index (κ3) is 3.29. The number of aromatic carboxylic acids is 1. The second-order valence-corrected chi connectivity index (χ2v) is 6.47. The minimum Gasteiger partial charge on any atom is -0.478 e. The first-order valence-electron chi connectivity index (χ1n) is 8.52. The molecule has 0 amide bonds. The Kier molecular flexibility index (Phi) is 4.16. The van der Waals surface area contributed by atoms with Gasteiger partial charge in [-0.25, -0.2) is 14.2 Å². The summed E-state index contributed by atoms with van der Waals surface area (Å²) in [6, 6.07) is 21.5. The lowest BCUT2D eigenvalue weighted by Crippen LogP contribution is -2.00. The highest BCUT2D eigenvalue weighted by Crippen LogP contribution is 2.28. The van der Waals surface area contributed by atoms with Gasteiger partial charge in [0.05, 0.1) is 16.8 Å². The molecule has 4 rings (SSSR count). The van der Waals surface area contributed by atoms with Crippen LogP contribution in [0.3, 0.4) is 0 Å².